The SMILES string of the molecule is Cc1[nH]nc(C(N)=O)c1NS(=O)(=O)C1=Cc2ccccc2CC1. The number of aromatic nitrogens is 2. The maximum absolute atomic E-state index is 12.6. The number of carbonyl (C=O) groups is 1. The summed E-state index contributed by atoms with van der Waals surface area (Å²) in [6.45, 7) is 1.61. The van der Waals surface area contributed by atoms with Gasteiger partial charge in [0.05, 0.1) is 10.6 Å². The van der Waals surface area contributed by atoms with E-state index in [2.05, 4.69) is 14.9 Å². The van der Waals surface area contributed by atoms with E-state index in [1.165, 1.54) is 0 Å². The van der Waals surface area contributed by atoms with Crippen LogP contribution in [0.2, 0.25) is 0 Å². The van der Waals surface area contributed by atoms with Gasteiger partial charge in [-0.05, 0) is 37.0 Å². The second kappa shape index (κ2) is 5.54. The lowest BCUT2D eigenvalue weighted by molar-refractivity contribution is 0.0996. The van der Waals surface area contributed by atoms with Crippen LogP contribution >= 0.6 is 0 Å². The van der Waals surface area contributed by atoms with Crippen molar-refractivity contribution < 1.29 is 13.2 Å². The molecular formula is C15H16N4O3S. The summed E-state index contributed by atoms with van der Waals surface area (Å²) in [7, 11) is -3.78. The van der Waals surface area contributed by atoms with Crippen molar-refractivity contribution in [1.82, 2.24) is 10.2 Å². The molecule has 1 aromatic carbocycles. The van der Waals surface area contributed by atoms with Crippen molar-refractivity contribution in [3.63, 3.8) is 0 Å². The Kier molecular flexibility index (Phi) is 3.69. The number of carbonyl (C=O) groups excluding carboxylic acids is 1. The molecule has 23 heavy (non-hydrogen) atoms. The quantitative estimate of drug-likeness (QED) is 0.787. The third-order valence-electron chi connectivity index (χ3n) is 3.77. The van der Waals surface area contributed by atoms with Crippen LogP contribution in [0.5, 0.6) is 0 Å². The summed E-state index contributed by atoms with van der Waals surface area (Å²) in [5, 5.41) is 6.30. The lowest BCUT2D eigenvalue weighted by Crippen LogP contribution is -2.21. The number of hydrogen-bond acceptors (Lipinski definition) is 4. The minimum Gasteiger partial charge on any atom is -0.364 e. The van der Waals surface area contributed by atoms with Crippen molar-refractivity contribution in [2.45, 2.75) is 19.8 Å². The van der Waals surface area contributed by atoms with Gasteiger partial charge in [0, 0.05) is 0 Å². The Hall–Kier alpha value is -2.61. The molecule has 1 aromatic heterocycles. The molecule has 0 bridgehead atoms. The highest BCUT2D eigenvalue weighted by atomic mass is 32.2. The number of aryl methyl sites for hydroxylation is 2. The lowest BCUT2D eigenvalue weighted by Gasteiger charge is -2.17. The molecule has 7 nitrogen and oxygen atoms in total. The van der Waals surface area contributed by atoms with Crippen LogP contribution < -0.4 is 10.5 Å². The number of aromatic amines is 1. The van der Waals surface area contributed by atoms with Gasteiger partial charge >= 0.3 is 0 Å². The number of nitrogens with one attached hydrogen (secondary N) is 2. The van der Waals surface area contributed by atoms with Gasteiger partial charge in [-0.25, -0.2) is 8.42 Å². The Morgan fingerprint density at radius 1 is 1.30 bits per heavy atom. The van der Waals surface area contributed by atoms with Crippen LogP contribution in [0.15, 0.2) is 29.2 Å². The van der Waals surface area contributed by atoms with Gasteiger partial charge in [-0.1, -0.05) is 24.3 Å². The second-order valence-electron chi connectivity index (χ2n) is 5.35. The summed E-state index contributed by atoms with van der Waals surface area (Å²) >= 11 is 0. The number of allylic oxidation sites excluding steroid dienone is 1. The van der Waals surface area contributed by atoms with Gasteiger partial charge in [0.15, 0.2) is 5.69 Å². The zero-order chi connectivity index (χ0) is 16.6. The van der Waals surface area contributed by atoms with E-state index in [9.17, 15) is 13.2 Å². The predicted octanol–water partition coefficient (Wildman–Crippen LogP) is 1.55. The molecule has 0 radical (unpaired) electrons. The zero-order valence-electron chi connectivity index (χ0n) is 12.5. The fourth-order valence-corrected chi connectivity index (χ4v) is 3.85. The number of nitrogens with zero attached hydrogens (tertiary/aromatic N) is 1. The van der Waals surface area contributed by atoms with E-state index in [0.29, 0.717) is 18.5 Å². The zero-order valence-corrected chi connectivity index (χ0v) is 13.3. The maximum atomic E-state index is 12.6. The fourth-order valence-electron chi connectivity index (χ4n) is 2.55. The molecule has 0 saturated heterocycles. The number of H-pyrrole nitrogens is 1. The van der Waals surface area contributed by atoms with Gasteiger partial charge in [0.1, 0.15) is 5.69 Å². The summed E-state index contributed by atoms with van der Waals surface area (Å²) < 4.78 is 27.7. The molecule has 1 amide bonds. The molecule has 0 atom stereocenters. The third-order valence-corrected chi connectivity index (χ3v) is 5.26. The van der Waals surface area contributed by atoms with Crippen molar-refractivity contribution in [3.8, 4) is 0 Å². The molecule has 120 valence electrons. The van der Waals surface area contributed by atoms with Gasteiger partial charge in [-0.2, -0.15) is 5.10 Å². The topological polar surface area (TPSA) is 118 Å². The first-order valence-electron chi connectivity index (χ1n) is 7.04. The molecule has 3 rings (SSSR count). The number of sulfonamides is 1. The summed E-state index contributed by atoms with van der Waals surface area (Å²) in [5.74, 6) is -0.796. The number of rotatable bonds is 4. The second-order valence-corrected chi connectivity index (χ2v) is 7.09. The van der Waals surface area contributed by atoms with Crippen molar-refractivity contribution >= 4 is 27.7 Å². The Morgan fingerprint density at radius 2 is 2.04 bits per heavy atom. The number of primary amides is 1. The summed E-state index contributed by atoms with van der Waals surface area (Å²) in [6.07, 6.45) is 2.70. The molecule has 1 aliphatic rings. The molecule has 0 saturated carbocycles. The molecule has 8 heteroatoms. The van der Waals surface area contributed by atoms with Gasteiger partial charge in [0.25, 0.3) is 15.9 Å². The molecule has 1 heterocycles. The van der Waals surface area contributed by atoms with Gasteiger partial charge < -0.3 is 5.73 Å². The van der Waals surface area contributed by atoms with Crippen molar-refractivity contribution in [1.29, 1.82) is 0 Å². The first-order valence-corrected chi connectivity index (χ1v) is 8.53. The largest absolute Gasteiger partial charge is 0.364 e. The Bertz CT molecular complexity index is 913. The summed E-state index contributed by atoms with van der Waals surface area (Å²) in [5.41, 5.74) is 7.62. The molecule has 1 aliphatic carbocycles. The first-order chi connectivity index (χ1) is 10.9. The highest BCUT2D eigenvalue weighted by molar-refractivity contribution is 7.96. The van der Waals surface area contributed by atoms with Crippen LogP contribution in [0, 0.1) is 6.92 Å². The van der Waals surface area contributed by atoms with E-state index in [1.807, 2.05) is 24.3 Å². The van der Waals surface area contributed by atoms with Gasteiger partial charge in [0.2, 0.25) is 0 Å². The van der Waals surface area contributed by atoms with Crippen molar-refractivity contribution in [2.75, 3.05) is 4.72 Å². The van der Waals surface area contributed by atoms with E-state index in [0.717, 1.165) is 11.1 Å². The highest BCUT2D eigenvalue weighted by Gasteiger charge is 2.25. The van der Waals surface area contributed by atoms with E-state index < -0.39 is 15.9 Å². The Morgan fingerprint density at radius 3 is 2.78 bits per heavy atom. The molecular weight excluding hydrogens is 316 g/mol. The third kappa shape index (κ3) is 2.85. The highest BCUT2D eigenvalue weighted by Crippen LogP contribution is 2.29. The molecule has 4 N–H and O–H groups in total. The number of amides is 1. The monoisotopic (exact) mass is 332 g/mol. The molecule has 2 aromatic rings. The van der Waals surface area contributed by atoms with Crippen LogP contribution in [0.4, 0.5) is 5.69 Å². The molecule has 0 spiro atoms. The lowest BCUT2D eigenvalue weighted by atomic mass is 9.98. The number of fused-ring (bicyclic) bond motifs is 1. The average Bonchev–Trinajstić information content (AvgIpc) is 2.87. The minimum absolute atomic E-state index is 0.0947. The molecule has 0 fully saturated rings. The Balaban J connectivity index is 1.97. The summed E-state index contributed by atoms with van der Waals surface area (Å²) in [6, 6.07) is 7.65. The predicted molar refractivity (Wildman–Crippen MR) is 87.1 cm³/mol. The Labute approximate surface area is 133 Å². The number of anilines is 1. The number of nitrogens with two attached hydrogens (primary N) is 1. The van der Waals surface area contributed by atoms with Crippen LogP contribution in [-0.2, 0) is 16.4 Å². The van der Waals surface area contributed by atoms with Crippen LogP contribution in [-0.4, -0.2) is 24.5 Å². The van der Waals surface area contributed by atoms with Gasteiger partial charge in [-0.15, -0.1) is 0 Å². The minimum atomic E-state index is -3.78. The van der Waals surface area contributed by atoms with Crippen molar-refractivity contribution in [2.24, 2.45) is 5.73 Å². The van der Waals surface area contributed by atoms with Gasteiger partial charge in [-0.3, -0.25) is 14.6 Å². The first kappa shape index (κ1) is 15.3. The summed E-state index contributed by atoms with van der Waals surface area (Å²) in [4.78, 5) is 11.6. The smallest absolute Gasteiger partial charge is 0.271 e. The van der Waals surface area contributed by atoms with Crippen LogP contribution in [0.25, 0.3) is 6.08 Å². The van der Waals surface area contributed by atoms with E-state index in [-0.39, 0.29) is 16.3 Å². The van der Waals surface area contributed by atoms with E-state index in [4.69, 9.17) is 5.73 Å². The van der Waals surface area contributed by atoms with Crippen LogP contribution in [0.3, 0.4) is 0 Å². The van der Waals surface area contributed by atoms with E-state index in [1.54, 1.807) is 13.0 Å². The molecule has 0 unspecified atom stereocenters. The molecule has 0 aliphatic heterocycles. The average molecular weight is 332 g/mol. The number of benzene rings is 1. The van der Waals surface area contributed by atoms with Crippen LogP contribution in [0.1, 0.15) is 33.7 Å². The van der Waals surface area contributed by atoms with Crippen molar-refractivity contribution in [3.05, 3.63) is 51.7 Å². The maximum Gasteiger partial charge on any atom is 0.271 e. The fraction of sp³-hybridized carbons (Fsp3) is 0.200. The number of hydrogen-bond donors (Lipinski definition) is 3. The van der Waals surface area contributed by atoms with E-state index >= 15 is 0 Å². The standard InChI is InChI=1S/C15H16N4O3S/c1-9-13(14(15(16)20)18-17-9)19-23(21,22)12-7-6-10-4-2-3-5-11(10)8-12/h2-5,8,19H,6-7H2,1H3,(H2,16,20)(H,17,18). The normalized spacial score (nSPS) is 14.0.